The van der Waals surface area contributed by atoms with E-state index in [0.717, 1.165) is 32.0 Å². The maximum absolute atomic E-state index is 12.6. The van der Waals surface area contributed by atoms with Crippen LogP contribution in [-0.4, -0.2) is 53.3 Å². The van der Waals surface area contributed by atoms with Crippen LogP contribution in [0.15, 0.2) is 30.3 Å². The summed E-state index contributed by atoms with van der Waals surface area (Å²) in [5, 5.41) is 3.31. The van der Waals surface area contributed by atoms with Crippen molar-refractivity contribution >= 4 is 11.8 Å². The minimum Gasteiger partial charge on any atom is -0.349 e. The van der Waals surface area contributed by atoms with E-state index in [1.807, 2.05) is 11.0 Å². The zero-order valence-electron chi connectivity index (χ0n) is 17.9. The molecule has 3 atom stereocenters. The number of rotatable bonds is 4. The van der Waals surface area contributed by atoms with Crippen molar-refractivity contribution < 1.29 is 9.59 Å². The Morgan fingerprint density at radius 2 is 1.83 bits per heavy atom. The third-order valence-electron chi connectivity index (χ3n) is 7.42. The van der Waals surface area contributed by atoms with Gasteiger partial charge in [0.05, 0.1) is 11.6 Å². The second-order valence-corrected chi connectivity index (χ2v) is 9.46. The topological polar surface area (TPSA) is 52.7 Å². The molecule has 4 rings (SSSR count). The molecule has 1 N–H and O–H groups in total. The van der Waals surface area contributed by atoms with E-state index in [1.54, 1.807) is 13.8 Å². The highest BCUT2D eigenvalue weighted by Crippen LogP contribution is 2.47. The van der Waals surface area contributed by atoms with Gasteiger partial charge in [0.15, 0.2) is 0 Å². The van der Waals surface area contributed by atoms with Crippen LogP contribution in [0.25, 0.3) is 0 Å². The maximum atomic E-state index is 12.6. The molecule has 1 aliphatic carbocycles. The molecular weight excluding hydrogens is 362 g/mol. The highest BCUT2D eigenvalue weighted by atomic mass is 16.2. The lowest BCUT2D eigenvalue weighted by molar-refractivity contribution is -0.130. The quantitative estimate of drug-likeness (QED) is 0.848. The minimum atomic E-state index is -0.318. The van der Waals surface area contributed by atoms with Gasteiger partial charge in [-0.05, 0) is 30.7 Å². The molecule has 158 valence electrons. The second kappa shape index (κ2) is 8.47. The molecule has 0 aromatic heterocycles. The lowest BCUT2D eigenvalue weighted by Gasteiger charge is -2.46. The number of piperidine rings is 1. The number of nitrogens with zero attached hydrogens (tertiary/aromatic N) is 2. The van der Waals surface area contributed by atoms with Gasteiger partial charge in [-0.2, -0.15) is 0 Å². The third kappa shape index (κ3) is 4.20. The van der Waals surface area contributed by atoms with Gasteiger partial charge in [-0.25, -0.2) is 0 Å². The Balaban J connectivity index is 1.62. The fraction of sp³-hybridized carbons (Fsp3) is 0.667. The summed E-state index contributed by atoms with van der Waals surface area (Å²) in [4.78, 5) is 29.3. The smallest absolute Gasteiger partial charge is 0.220 e. The van der Waals surface area contributed by atoms with Gasteiger partial charge in [0.25, 0.3) is 0 Å². The van der Waals surface area contributed by atoms with Gasteiger partial charge in [0, 0.05) is 45.9 Å². The van der Waals surface area contributed by atoms with Crippen LogP contribution in [0.5, 0.6) is 0 Å². The summed E-state index contributed by atoms with van der Waals surface area (Å²) in [6.45, 7) is 6.99. The molecule has 3 aliphatic rings. The van der Waals surface area contributed by atoms with Gasteiger partial charge in [0.2, 0.25) is 11.8 Å². The number of hydrogen-bond donors (Lipinski definition) is 1. The lowest BCUT2D eigenvalue weighted by atomic mass is 9.75. The Labute approximate surface area is 174 Å². The van der Waals surface area contributed by atoms with Crippen LogP contribution in [-0.2, 0) is 9.59 Å². The van der Waals surface area contributed by atoms with Crippen LogP contribution in [0.1, 0.15) is 64.0 Å². The number of benzene rings is 1. The molecule has 5 heteroatoms. The first-order valence-corrected chi connectivity index (χ1v) is 11.3. The van der Waals surface area contributed by atoms with Gasteiger partial charge < -0.3 is 15.1 Å². The van der Waals surface area contributed by atoms with Crippen LogP contribution < -0.4 is 5.32 Å². The predicted octanol–water partition coefficient (Wildman–Crippen LogP) is 3.37. The maximum Gasteiger partial charge on any atom is 0.220 e. The molecular formula is C24H35N3O2. The third-order valence-corrected chi connectivity index (χ3v) is 7.42. The highest BCUT2D eigenvalue weighted by molar-refractivity contribution is 5.77. The van der Waals surface area contributed by atoms with E-state index in [9.17, 15) is 9.59 Å². The zero-order chi connectivity index (χ0) is 20.4. The Hall–Kier alpha value is -1.88. The summed E-state index contributed by atoms with van der Waals surface area (Å²) in [5.74, 6) is 1.12. The van der Waals surface area contributed by atoms with E-state index in [-0.39, 0.29) is 29.3 Å². The summed E-state index contributed by atoms with van der Waals surface area (Å²) in [7, 11) is 0. The lowest BCUT2D eigenvalue weighted by Crippen LogP contribution is -2.61. The van der Waals surface area contributed by atoms with E-state index in [4.69, 9.17) is 0 Å². The van der Waals surface area contributed by atoms with Gasteiger partial charge >= 0.3 is 0 Å². The molecule has 0 spiro atoms. The Kier molecular flexibility index (Phi) is 5.95. The summed E-state index contributed by atoms with van der Waals surface area (Å²) in [6.07, 6.45) is 7.72. The van der Waals surface area contributed by atoms with Crippen molar-refractivity contribution in [3.8, 4) is 0 Å². The van der Waals surface area contributed by atoms with Crippen LogP contribution in [0.2, 0.25) is 0 Å². The highest BCUT2D eigenvalue weighted by Gasteiger charge is 2.56. The minimum absolute atomic E-state index is 0.00736. The second-order valence-electron chi connectivity index (χ2n) is 9.46. The summed E-state index contributed by atoms with van der Waals surface area (Å²) < 4.78 is 0. The fourth-order valence-electron chi connectivity index (χ4n) is 6.12. The predicted molar refractivity (Wildman–Crippen MR) is 114 cm³/mol. The van der Waals surface area contributed by atoms with Crippen molar-refractivity contribution in [3.05, 3.63) is 35.9 Å². The molecule has 5 nitrogen and oxygen atoms in total. The van der Waals surface area contributed by atoms with Crippen LogP contribution >= 0.6 is 0 Å². The van der Waals surface area contributed by atoms with Crippen molar-refractivity contribution in [1.29, 1.82) is 0 Å². The van der Waals surface area contributed by atoms with Crippen molar-refractivity contribution in [2.75, 3.05) is 26.2 Å². The van der Waals surface area contributed by atoms with E-state index in [1.165, 1.54) is 37.7 Å². The van der Waals surface area contributed by atoms with E-state index in [2.05, 4.69) is 34.5 Å². The first-order valence-electron chi connectivity index (χ1n) is 11.3. The van der Waals surface area contributed by atoms with E-state index >= 15 is 0 Å². The zero-order valence-corrected chi connectivity index (χ0v) is 17.9. The number of fused-ring (bicyclic) bond motifs is 1. The number of likely N-dealkylation sites (tertiary alicyclic amines) is 2. The molecule has 2 aliphatic heterocycles. The monoisotopic (exact) mass is 397 g/mol. The number of hydrogen-bond acceptors (Lipinski definition) is 3. The molecule has 1 saturated carbocycles. The molecule has 0 unspecified atom stereocenters. The van der Waals surface area contributed by atoms with E-state index in [0.29, 0.717) is 6.54 Å². The Morgan fingerprint density at radius 3 is 2.48 bits per heavy atom. The standard InChI is InChI=1S/C24H35N3O2/c1-18(28)25-24-13-14-26(15-20-9-5-3-6-10-20)16-22(24)23(27(17-24)19(2)29)21-11-7-4-8-12-21/h4,7-8,11-12,20,22-23H,3,5-6,9-10,13-17H2,1-2H3,(H,25,28)/t22-,23-,24-/m1/s1. The molecule has 3 fully saturated rings. The molecule has 0 radical (unpaired) electrons. The molecule has 0 bridgehead atoms. The number of amides is 2. The Bertz CT molecular complexity index is 731. The van der Waals surface area contributed by atoms with Gasteiger partial charge in [0.1, 0.15) is 0 Å². The molecule has 1 aromatic carbocycles. The Morgan fingerprint density at radius 1 is 1.10 bits per heavy atom. The summed E-state index contributed by atoms with van der Waals surface area (Å²) >= 11 is 0. The molecule has 1 aromatic rings. The normalized spacial score (nSPS) is 30.8. The van der Waals surface area contributed by atoms with Crippen LogP contribution in [0.4, 0.5) is 0 Å². The summed E-state index contributed by atoms with van der Waals surface area (Å²) in [6, 6.07) is 10.4. The number of nitrogens with one attached hydrogen (secondary N) is 1. The summed E-state index contributed by atoms with van der Waals surface area (Å²) in [5.41, 5.74) is 0.862. The van der Waals surface area contributed by atoms with Crippen molar-refractivity contribution in [1.82, 2.24) is 15.1 Å². The average Bonchev–Trinajstić information content (AvgIpc) is 3.03. The van der Waals surface area contributed by atoms with Crippen LogP contribution in [0, 0.1) is 11.8 Å². The van der Waals surface area contributed by atoms with Gasteiger partial charge in [-0.15, -0.1) is 0 Å². The fourth-order valence-corrected chi connectivity index (χ4v) is 6.12. The number of carbonyl (C=O) groups excluding carboxylic acids is 2. The first kappa shape index (κ1) is 20.4. The molecule has 29 heavy (non-hydrogen) atoms. The number of carbonyl (C=O) groups is 2. The van der Waals surface area contributed by atoms with Gasteiger partial charge in [-0.3, -0.25) is 9.59 Å². The molecule has 2 saturated heterocycles. The molecule has 2 heterocycles. The first-order chi connectivity index (χ1) is 14.0. The van der Waals surface area contributed by atoms with Crippen LogP contribution in [0.3, 0.4) is 0 Å². The SMILES string of the molecule is CC(=O)N[C@@]12CCN(CC3CCCCC3)C[C@@H]1[C@@H](c1ccccc1)N(C(C)=O)C2. The van der Waals surface area contributed by atoms with Crippen molar-refractivity contribution in [3.63, 3.8) is 0 Å². The van der Waals surface area contributed by atoms with Gasteiger partial charge in [-0.1, -0.05) is 49.6 Å². The van der Waals surface area contributed by atoms with Crippen molar-refractivity contribution in [2.45, 2.75) is 64.0 Å². The van der Waals surface area contributed by atoms with Crippen molar-refractivity contribution in [2.24, 2.45) is 11.8 Å². The van der Waals surface area contributed by atoms with E-state index < -0.39 is 0 Å². The average molecular weight is 398 g/mol. The molecule has 2 amide bonds. The largest absolute Gasteiger partial charge is 0.349 e.